The van der Waals surface area contributed by atoms with Crippen LogP contribution in [0.3, 0.4) is 0 Å². The van der Waals surface area contributed by atoms with Gasteiger partial charge < -0.3 is 9.32 Å². The van der Waals surface area contributed by atoms with E-state index in [1.807, 2.05) is 51.9 Å². The number of aromatic nitrogens is 4. The number of para-hydroxylation sites is 3. The maximum atomic E-state index is 13.1. The number of amides is 1. The van der Waals surface area contributed by atoms with E-state index in [-0.39, 0.29) is 18.5 Å². The third-order valence-corrected chi connectivity index (χ3v) is 5.92. The number of hydrogen-bond acceptors (Lipinski definition) is 5. The number of carbonyl (C=O) groups is 1. The zero-order valence-electron chi connectivity index (χ0n) is 17.1. The van der Waals surface area contributed by atoms with Crippen LogP contribution < -0.4 is 5.76 Å². The standard InChI is InChI=1S/C23H23N5O3/c29-22(15-27-19-10-4-5-11-20(19)31-23(27)30)26-14-6-9-18(26)12-13-21-25-24-16-28(21)17-7-2-1-3-8-17/h1-5,7-8,10-11,16,18H,6,9,12-15H2. The van der Waals surface area contributed by atoms with Crippen LogP contribution in [0.5, 0.6) is 0 Å². The van der Waals surface area contributed by atoms with E-state index in [4.69, 9.17) is 4.42 Å². The van der Waals surface area contributed by atoms with Crippen molar-refractivity contribution >= 4 is 17.0 Å². The minimum absolute atomic E-state index is 0.00740. The molecule has 4 aromatic rings. The number of benzene rings is 2. The molecular formula is C23H23N5O3. The van der Waals surface area contributed by atoms with Gasteiger partial charge in [0.15, 0.2) is 5.58 Å². The lowest BCUT2D eigenvalue weighted by molar-refractivity contribution is -0.132. The molecule has 0 N–H and O–H groups in total. The van der Waals surface area contributed by atoms with Crippen LogP contribution in [0.15, 0.2) is 70.1 Å². The van der Waals surface area contributed by atoms with Gasteiger partial charge in [0.25, 0.3) is 0 Å². The lowest BCUT2D eigenvalue weighted by atomic mass is 10.1. The van der Waals surface area contributed by atoms with E-state index in [0.717, 1.165) is 37.2 Å². The van der Waals surface area contributed by atoms with Gasteiger partial charge in [-0.1, -0.05) is 30.3 Å². The maximum absolute atomic E-state index is 13.1. The highest BCUT2D eigenvalue weighted by molar-refractivity contribution is 5.80. The van der Waals surface area contributed by atoms with Crippen LogP contribution in [-0.4, -0.2) is 42.7 Å². The molecule has 1 aliphatic heterocycles. The SMILES string of the molecule is O=C(Cn1c(=O)oc2ccccc21)N1CCCC1CCc1nncn1-c1ccccc1. The highest BCUT2D eigenvalue weighted by atomic mass is 16.4. The van der Waals surface area contributed by atoms with Crippen molar-refractivity contribution in [1.82, 2.24) is 24.2 Å². The van der Waals surface area contributed by atoms with Crippen LogP contribution in [0.1, 0.15) is 25.1 Å². The van der Waals surface area contributed by atoms with Crippen molar-refractivity contribution in [3.8, 4) is 5.69 Å². The minimum Gasteiger partial charge on any atom is -0.408 e. The first kappa shape index (κ1) is 19.3. The fraction of sp³-hybridized carbons (Fsp3) is 0.304. The summed E-state index contributed by atoms with van der Waals surface area (Å²) in [5, 5.41) is 8.35. The minimum atomic E-state index is -0.499. The molecule has 1 aliphatic rings. The van der Waals surface area contributed by atoms with Crippen LogP contribution >= 0.6 is 0 Å². The third kappa shape index (κ3) is 3.76. The van der Waals surface area contributed by atoms with Crippen molar-refractivity contribution in [3.63, 3.8) is 0 Å². The molecule has 1 fully saturated rings. The quantitative estimate of drug-likeness (QED) is 0.482. The first-order chi connectivity index (χ1) is 15.2. The number of rotatable bonds is 6. The second kappa shape index (κ2) is 8.22. The number of aryl methyl sites for hydroxylation is 1. The summed E-state index contributed by atoms with van der Waals surface area (Å²) in [5.74, 6) is 0.324. The van der Waals surface area contributed by atoms with Gasteiger partial charge in [0.05, 0.1) is 5.52 Å². The summed E-state index contributed by atoms with van der Waals surface area (Å²) in [4.78, 5) is 27.2. The van der Waals surface area contributed by atoms with E-state index in [0.29, 0.717) is 17.6 Å². The Labute approximate surface area is 178 Å². The van der Waals surface area contributed by atoms with Crippen molar-refractivity contribution in [1.29, 1.82) is 0 Å². The molecule has 0 aliphatic carbocycles. The average molecular weight is 417 g/mol. The molecule has 2 aromatic carbocycles. The van der Waals surface area contributed by atoms with E-state index >= 15 is 0 Å². The van der Waals surface area contributed by atoms with Gasteiger partial charge in [-0.05, 0) is 43.5 Å². The Bertz CT molecular complexity index is 1260. The smallest absolute Gasteiger partial charge is 0.408 e. The Hall–Kier alpha value is -3.68. The molecule has 8 nitrogen and oxygen atoms in total. The number of nitrogens with zero attached hydrogens (tertiary/aromatic N) is 5. The summed E-state index contributed by atoms with van der Waals surface area (Å²) in [6, 6.07) is 17.3. The Kier molecular flexibility index (Phi) is 5.11. The van der Waals surface area contributed by atoms with Crippen molar-refractivity contribution in [2.24, 2.45) is 0 Å². The first-order valence-corrected chi connectivity index (χ1v) is 10.5. The predicted octanol–water partition coefficient (Wildman–Crippen LogP) is 2.80. The van der Waals surface area contributed by atoms with E-state index in [1.165, 1.54) is 4.57 Å². The van der Waals surface area contributed by atoms with Crippen molar-refractivity contribution in [2.45, 2.75) is 38.3 Å². The molecular weight excluding hydrogens is 394 g/mol. The molecule has 0 radical (unpaired) electrons. The molecule has 0 bridgehead atoms. The van der Waals surface area contributed by atoms with Gasteiger partial charge in [-0.15, -0.1) is 10.2 Å². The predicted molar refractivity (Wildman–Crippen MR) is 115 cm³/mol. The van der Waals surface area contributed by atoms with Crippen molar-refractivity contribution in [3.05, 3.63) is 77.3 Å². The second-order valence-corrected chi connectivity index (χ2v) is 7.80. The van der Waals surface area contributed by atoms with Gasteiger partial charge in [-0.3, -0.25) is 13.9 Å². The largest absolute Gasteiger partial charge is 0.420 e. The average Bonchev–Trinajstić information content (AvgIpc) is 3.52. The van der Waals surface area contributed by atoms with Gasteiger partial charge in [0.2, 0.25) is 5.91 Å². The maximum Gasteiger partial charge on any atom is 0.420 e. The van der Waals surface area contributed by atoms with Crippen LogP contribution in [0.2, 0.25) is 0 Å². The van der Waals surface area contributed by atoms with E-state index < -0.39 is 5.76 Å². The normalized spacial score (nSPS) is 16.3. The topological polar surface area (TPSA) is 86.2 Å². The molecule has 8 heteroatoms. The van der Waals surface area contributed by atoms with Gasteiger partial charge in [0, 0.05) is 24.7 Å². The second-order valence-electron chi connectivity index (χ2n) is 7.80. The fourth-order valence-corrected chi connectivity index (χ4v) is 4.38. The van der Waals surface area contributed by atoms with Gasteiger partial charge in [0.1, 0.15) is 18.7 Å². The molecule has 0 spiro atoms. The summed E-state index contributed by atoms with van der Waals surface area (Å²) in [5.41, 5.74) is 2.17. The van der Waals surface area contributed by atoms with E-state index in [9.17, 15) is 9.59 Å². The summed E-state index contributed by atoms with van der Waals surface area (Å²) in [6.45, 7) is 0.700. The Morgan fingerprint density at radius 2 is 1.90 bits per heavy atom. The van der Waals surface area contributed by atoms with Crippen molar-refractivity contribution < 1.29 is 9.21 Å². The number of hydrogen-bond donors (Lipinski definition) is 0. The fourth-order valence-electron chi connectivity index (χ4n) is 4.38. The van der Waals surface area contributed by atoms with Gasteiger partial charge >= 0.3 is 5.76 Å². The van der Waals surface area contributed by atoms with Gasteiger partial charge in [-0.2, -0.15) is 0 Å². The molecule has 1 saturated heterocycles. The molecule has 0 saturated carbocycles. The van der Waals surface area contributed by atoms with Crippen molar-refractivity contribution in [2.75, 3.05) is 6.54 Å². The molecule has 3 heterocycles. The monoisotopic (exact) mass is 417 g/mol. The number of fused-ring (bicyclic) bond motifs is 1. The number of carbonyl (C=O) groups excluding carboxylic acids is 1. The van der Waals surface area contributed by atoms with Crippen LogP contribution in [-0.2, 0) is 17.8 Å². The lowest BCUT2D eigenvalue weighted by Crippen LogP contribution is -2.39. The highest BCUT2D eigenvalue weighted by Gasteiger charge is 2.29. The van der Waals surface area contributed by atoms with Crippen LogP contribution in [0, 0.1) is 0 Å². The third-order valence-electron chi connectivity index (χ3n) is 5.92. The number of oxazole rings is 1. The lowest BCUT2D eigenvalue weighted by Gasteiger charge is -2.24. The van der Waals surface area contributed by atoms with Crippen LogP contribution in [0.25, 0.3) is 16.8 Å². The summed E-state index contributed by atoms with van der Waals surface area (Å²) < 4.78 is 8.66. The molecule has 5 rings (SSSR count). The van der Waals surface area contributed by atoms with Crippen LogP contribution in [0.4, 0.5) is 0 Å². The zero-order valence-corrected chi connectivity index (χ0v) is 17.1. The molecule has 158 valence electrons. The molecule has 31 heavy (non-hydrogen) atoms. The molecule has 2 aromatic heterocycles. The summed E-state index contributed by atoms with van der Waals surface area (Å²) in [7, 11) is 0. The molecule has 1 atom stereocenters. The van der Waals surface area contributed by atoms with E-state index in [1.54, 1.807) is 18.5 Å². The Morgan fingerprint density at radius 3 is 2.77 bits per heavy atom. The number of likely N-dealkylation sites (tertiary alicyclic amines) is 1. The van der Waals surface area contributed by atoms with E-state index in [2.05, 4.69) is 10.2 Å². The first-order valence-electron chi connectivity index (χ1n) is 10.5. The molecule has 1 unspecified atom stereocenters. The summed E-state index contributed by atoms with van der Waals surface area (Å²) in [6.07, 6.45) is 5.16. The Balaban J connectivity index is 1.28. The molecule has 1 amide bonds. The summed E-state index contributed by atoms with van der Waals surface area (Å²) >= 11 is 0. The highest BCUT2D eigenvalue weighted by Crippen LogP contribution is 2.23. The van der Waals surface area contributed by atoms with Gasteiger partial charge in [-0.25, -0.2) is 4.79 Å². The Morgan fingerprint density at radius 1 is 1.10 bits per heavy atom. The zero-order chi connectivity index (χ0) is 21.2.